The minimum Gasteiger partial charge on any atom is -0.378 e. The summed E-state index contributed by atoms with van der Waals surface area (Å²) in [5.74, 6) is 0. The van der Waals surface area contributed by atoms with Gasteiger partial charge in [0.1, 0.15) is 6.29 Å². The SMILES string of the molecule is Cl.O=CCN1C2CCC1COC2. The van der Waals surface area contributed by atoms with Crippen molar-refractivity contribution < 1.29 is 9.53 Å². The fourth-order valence-corrected chi connectivity index (χ4v) is 2.10. The molecule has 4 heteroatoms. The van der Waals surface area contributed by atoms with Crippen LogP contribution in [-0.2, 0) is 9.53 Å². The molecule has 2 aliphatic rings. The third-order valence-corrected chi connectivity index (χ3v) is 2.68. The molecule has 2 heterocycles. The van der Waals surface area contributed by atoms with E-state index < -0.39 is 0 Å². The lowest BCUT2D eigenvalue weighted by Crippen LogP contribution is -2.46. The van der Waals surface area contributed by atoms with E-state index in [-0.39, 0.29) is 12.4 Å². The number of morpholine rings is 1. The van der Waals surface area contributed by atoms with E-state index in [0.29, 0.717) is 18.6 Å². The van der Waals surface area contributed by atoms with Crippen molar-refractivity contribution >= 4 is 18.7 Å². The van der Waals surface area contributed by atoms with E-state index in [9.17, 15) is 4.79 Å². The molecule has 0 aromatic carbocycles. The summed E-state index contributed by atoms with van der Waals surface area (Å²) in [4.78, 5) is 12.6. The maximum atomic E-state index is 10.3. The topological polar surface area (TPSA) is 29.5 Å². The summed E-state index contributed by atoms with van der Waals surface area (Å²) >= 11 is 0. The van der Waals surface area contributed by atoms with Gasteiger partial charge >= 0.3 is 0 Å². The van der Waals surface area contributed by atoms with Crippen LogP contribution in [0.2, 0.25) is 0 Å². The van der Waals surface area contributed by atoms with E-state index >= 15 is 0 Å². The molecular formula is C8H14ClNO2. The van der Waals surface area contributed by atoms with Crippen molar-refractivity contribution in [2.24, 2.45) is 0 Å². The van der Waals surface area contributed by atoms with Crippen LogP contribution in [0.5, 0.6) is 0 Å². The highest BCUT2D eigenvalue weighted by molar-refractivity contribution is 5.85. The zero-order valence-electron chi connectivity index (χ0n) is 6.94. The second-order valence-electron chi connectivity index (χ2n) is 3.29. The van der Waals surface area contributed by atoms with Crippen molar-refractivity contribution in [3.63, 3.8) is 0 Å². The highest BCUT2D eigenvalue weighted by Crippen LogP contribution is 2.27. The maximum absolute atomic E-state index is 10.3. The lowest BCUT2D eigenvalue weighted by Gasteiger charge is -2.32. The first-order valence-corrected chi connectivity index (χ1v) is 4.19. The Bertz CT molecular complexity index is 149. The smallest absolute Gasteiger partial charge is 0.134 e. The molecule has 2 unspecified atom stereocenters. The Morgan fingerprint density at radius 1 is 1.33 bits per heavy atom. The van der Waals surface area contributed by atoms with Crippen LogP contribution in [-0.4, -0.2) is 43.0 Å². The van der Waals surface area contributed by atoms with E-state index in [1.54, 1.807) is 0 Å². The first-order valence-electron chi connectivity index (χ1n) is 4.19. The third kappa shape index (κ3) is 1.63. The van der Waals surface area contributed by atoms with Gasteiger partial charge in [-0.25, -0.2) is 0 Å². The van der Waals surface area contributed by atoms with Crippen LogP contribution in [0.25, 0.3) is 0 Å². The molecule has 0 amide bonds. The van der Waals surface area contributed by atoms with Crippen molar-refractivity contribution in [2.45, 2.75) is 24.9 Å². The average molecular weight is 192 g/mol. The Morgan fingerprint density at radius 2 is 1.92 bits per heavy atom. The molecule has 0 saturated carbocycles. The molecule has 0 aromatic rings. The second kappa shape index (κ2) is 4.21. The molecule has 2 bridgehead atoms. The second-order valence-corrected chi connectivity index (χ2v) is 3.29. The van der Waals surface area contributed by atoms with Crippen molar-refractivity contribution in [3.8, 4) is 0 Å². The molecule has 2 fully saturated rings. The number of carbonyl (C=O) groups is 1. The lowest BCUT2D eigenvalue weighted by atomic mass is 10.2. The van der Waals surface area contributed by atoms with Crippen LogP contribution >= 0.6 is 12.4 Å². The highest BCUT2D eigenvalue weighted by Gasteiger charge is 2.36. The zero-order valence-corrected chi connectivity index (χ0v) is 7.76. The van der Waals surface area contributed by atoms with Crippen LogP contribution in [0, 0.1) is 0 Å². The van der Waals surface area contributed by atoms with Crippen LogP contribution < -0.4 is 0 Å². The van der Waals surface area contributed by atoms with E-state index in [1.807, 2.05) is 0 Å². The fourth-order valence-electron chi connectivity index (χ4n) is 2.10. The van der Waals surface area contributed by atoms with Gasteiger partial charge in [-0.15, -0.1) is 12.4 Å². The third-order valence-electron chi connectivity index (χ3n) is 2.68. The number of ether oxygens (including phenoxy) is 1. The largest absolute Gasteiger partial charge is 0.378 e. The van der Waals surface area contributed by atoms with Crippen LogP contribution in [0.1, 0.15) is 12.8 Å². The van der Waals surface area contributed by atoms with Gasteiger partial charge in [-0.05, 0) is 12.8 Å². The summed E-state index contributed by atoms with van der Waals surface area (Å²) in [6.45, 7) is 2.24. The Kier molecular flexibility index (Phi) is 3.50. The number of hydrogen-bond donors (Lipinski definition) is 0. The quantitative estimate of drug-likeness (QED) is 0.595. The van der Waals surface area contributed by atoms with Gasteiger partial charge in [0.2, 0.25) is 0 Å². The molecule has 0 N–H and O–H groups in total. The average Bonchev–Trinajstić information content (AvgIpc) is 2.30. The summed E-state index contributed by atoms with van der Waals surface area (Å²) in [7, 11) is 0. The predicted octanol–water partition coefficient (Wildman–Crippen LogP) is 0.470. The number of halogens is 1. The maximum Gasteiger partial charge on any atom is 0.134 e. The van der Waals surface area contributed by atoms with Crippen molar-refractivity contribution in [1.29, 1.82) is 0 Å². The minimum absolute atomic E-state index is 0. The van der Waals surface area contributed by atoms with Gasteiger partial charge in [0, 0.05) is 12.1 Å². The molecule has 0 aliphatic carbocycles. The first kappa shape index (κ1) is 9.96. The standard InChI is InChI=1S/C8H13NO2.ClH/c10-4-3-9-7-1-2-8(9)6-11-5-7;/h4,7-8H,1-3,5-6H2;1H. The van der Waals surface area contributed by atoms with E-state index in [0.717, 1.165) is 19.5 Å². The summed E-state index contributed by atoms with van der Waals surface area (Å²) < 4.78 is 5.38. The van der Waals surface area contributed by atoms with Crippen molar-refractivity contribution in [2.75, 3.05) is 19.8 Å². The van der Waals surface area contributed by atoms with Crippen molar-refractivity contribution in [3.05, 3.63) is 0 Å². The van der Waals surface area contributed by atoms with E-state index in [2.05, 4.69) is 4.90 Å². The van der Waals surface area contributed by atoms with Gasteiger partial charge in [-0.2, -0.15) is 0 Å². The summed E-state index contributed by atoms with van der Waals surface area (Å²) in [5.41, 5.74) is 0. The lowest BCUT2D eigenvalue weighted by molar-refractivity contribution is -0.111. The molecule has 70 valence electrons. The molecule has 3 nitrogen and oxygen atoms in total. The number of fused-ring (bicyclic) bond motifs is 2. The zero-order chi connectivity index (χ0) is 7.68. The fraction of sp³-hybridized carbons (Fsp3) is 0.875. The number of rotatable bonds is 2. The van der Waals surface area contributed by atoms with Crippen LogP contribution in [0.3, 0.4) is 0 Å². The Labute approximate surface area is 78.5 Å². The Morgan fingerprint density at radius 3 is 2.42 bits per heavy atom. The number of aldehydes is 1. The van der Waals surface area contributed by atoms with Gasteiger partial charge in [0.05, 0.1) is 19.8 Å². The van der Waals surface area contributed by atoms with Gasteiger partial charge < -0.3 is 9.53 Å². The predicted molar refractivity (Wildman–Crippen MR) is 47.6 cm³/mol. The molecule has 2 aliphatic heterocycles. The van der Waals surface area contributed by atoms with E-state index in [1.165, 1.54) is 12.8 Å². The molecule has 2 rings (SSSR count). The number of nitrogens with zero attached hydrogens (tertiary/aromatic N) is 1. The molecule has 2 saturated heterocycles. The van der Waals surface area contributed by atoms with Gasteiger partial charge in [0.25, 0.3) is 0 Å². The van der Waals surface area contributed by atoms with Crippen LogP contribution in [0.15, 0.2) is 0 Å². The molecule has 0 radical (unpaired) electrons. The molecule has 0 spiro atoms. The van der Waals surface area contributed by atoms with Gasteiger partial charge in [-0.1, -0.05) is 0 Å². The molecule has 12 heavy (non-hydrogen) atoms. The summed E-state index contributed by atoms with van der Waals surface area (Å²) in [5, 5.41) is 0. The normalized spacial score (nSPS) is 34.3. The first-order chi connectivity index (χ1) is 5.42. The number of carbonyl (C=O) groups excluding carboxylic acids is 1. The monoisotopic (exact) mass is 191 g/mol. The summed E-state index contributed by atoms with van der Waals surface area (Å²) in [6.07, 6.45) is 3.41. The Hall–Kier alpha value is -0.120. The highest BCUT2D eigenvalue weighted by atomic mass is 35.5. The van der Waals surface area contributed by atoms with Gasteiger partial charge in [-0.3, -0.25) is 4.90 Å². The molecule has 2 atom stereocenters. The summed E-state index contributed by atoms with van der Waals surface area (Å²) in [6, 6.07) is 1.05. The molecule has 0 aromatic heterocycles. The van der Waals surface area contributed by atoms with Gasteiger partial charge in [0.15, 0.2) is 0 Å². The Balaban J connectivity index is 0.000000720. The number of hydrogen-bond acceptors (Lipinski definition) is 3. The molecular weight excluding hydrogens is 178 g/mol. The van der Waals surface area contributed by atoms with Crippen molar-refractivity contribution in [1.82, 2.24) is 4.90 Å². The van der Waals surface area contributed by atoms with E-state index in [4.69, 9.17) is 4.74 Å². The minimum atomic E-state index is 0. The van der Waals surface area contributed by atoms with Crippen LogP contribution in [0.4, 0.5) is 0 Å².